The van der Waals surface area contributed by atoms with E-state index in [1.54, 1.807) is 12.4 Å². The van der Waals surface area contributed by atoms with Crippen molar-refractivity contribution < 1.29 is 9.53 Å². The summed E-state index contributed by atoms with van der Waals surface area (Å²) < 4.78 is 5.51. The zero-order valence-corrected chi connectivity index (χ0v) is 15.0. The molecule has 25 heavy (non-hydrogen) atoms. The Kier molecular flexibility index (Phi) is 5.49. The lowest BCUT2D eigenvalue weighted by Crippen LogP contribution is -2.48. The molecule has 1 fully saturated rings. The fourth-order valence-corrected chi connectivity index (χ4v) is 3.41. The molecule has 0 atom stereocenters. The number of hydrogen-bond acceptors (Lipinski definition) is 3. The molecule has 3 rings (SSSR count). The van der Waals surface area contributed by atoms with E-state index in [1.807, 2.05) is 26.0 Å². The third-order valence-corrected chi connectivity index (χ3v) is 4.86. The van der Waals surface area contributed by atoms with Gasteiger partial charge in [-0.1, -0.05) is 24.3 Å². The van der Waals surface area contributed by atoms with Crippen LogP contribution in [-0.2, 0) is 16.0 Å². The number of nitrogens with one attached hydrogen (secondary N) is 1. The summed E-state index contributed by atoms with van der Waals surface area (Å²) in [5, 5.41) is 3.11. The second kappa shape index (κ2) is 7.79. The lowest BCUT2D eigenvalue weighted by Gasteiger charge is -2.36. The zero-order chi connectivity index (χ0) is 17.7. The van der Waals surface area contributed by atoms with Crippen molar-refractivity contribution in [1.82, 2.24) is 10.3 Å². The molecule has 4 heteroatoms. The summed E-state index contributed by atoms with van der Waals surface area (Å²) in [6.45, 7) is 5.32. The number of nitrogens with zero attached hydrogens (tertiary/aromatic N) is 1. The maximum Gasteiger partial charge on any atom is 0.226 e. The van der Waals surface area contributed by atoms with E-state index in [2.05, 4.69) is 34.6 Å². The summed E-state index contributed by atoms with van der Waals surface area (Å²) >= 11 is 0. The van der Waals surface area contributed by atoms with Crippen LogP contribution in [0, 0.1) is 5.41 Å². The summed E-state index contributed by atoms with van der Waals surface area (Å²) in [6.07, 6.45) is 5.91. The van der Waals surface area contributed by atoms with Crippen molar-refractivity contribution in [3.8, 4) is 11.1 Å². The van der Waals surface area contributed by atoms with Gasteiger partial charge in [-0.3, -0.25) is 9.78 Å². The first kappa shape index (κ1) is 17.6. The van der Waals surface area contributed by atoms with Gasteiger partial charge in [0.15, 0.2) is 0 Å². The van der Waals surface area contributed by atoms with Crippen LogP contribution in [0.15, 0.2) is 48.8 Å². The molecule has 0 radical (unpaired) electrons. The second-order valence-corrected chi connectivity index (χ2v) is 7.13. The normalized spacial score (nSPS) is 16.6. The van der Waals surface area contributed by atoms with Crippen LogP contribution in [-0.4, -0.2) is 30.1 Å². The molecule has 1 aromatic heterocycles. The highest BCUT2D eigenvalue weighted by atomic mass is 16.5. The third-order valence-electron chi connectivity index (χ3n) is 4.86. The van der Waals surface area contributed by atoms with Gasteiger partial charge >= 0.3 is 0 Å². The van der Waals surface area contributed by atoms with Crippen LogP contribution >= 0.6 is 0 Å². The Balaban J connectivity index is 1.79. The highest BCUT2D eigenvalue weighted by Crippen LogP contribution is 2.35. The van der Waals surface area contributed by atoms with E-state index < -0.39 is 0 Å². The van der Waals surface area contributed by atoms with Crippen molar-refractivity contribution in [3.05, 3.63) is 54.4 Å². The van der Waals surface area contributed by atoms with Gasteiger partial charge in [0.25, 0.3) is 0 Å². The number of carbonyl (C=O) groups excluding carboxylic acids is 1. The molecule has 0 bridgehead atoms. The minimum Gasteiger partial charge on any atom is -0.381 e. The zero-order valence-electron chi connectivity index (χ0n) is 15.0. The Morgan fingerprint density at radius 1 is 1.08 bits per heavy atom. The first-order valence-corrected chi connectivity index (χ1v) is 8.97. The van der Waals surface area contributed by atoms with Crippen molar-refractivity contribution in [2.75, 3.05) is 13.2 Å². The van der Waals surface area contributed by atoms with E-state index in [9.17, 15) is 4.79 Å². The lowest BCUT2D eigenvalue weighted by atomic mass is 9.74. The fraction of sp³-hybridized carbons (Fsp3) is 0.429. The van der Waals surface area contributed by atoms with E-state index in [-0.39, 0.29) is 17.4 Å². The van der Waals surface area contributed by atoms with Crippen LogP contribution in [0.2, 0.25) is 0 Å². The van der Waals surface area contributed by atoms with Gasteiger partial charge in [-0.25, -0.2) is 0 Å². The quantitative estimate of drug-likeness (QED) is 0.906. The topological polar surface area (TPSA) is 51.2 Å². The maximum absolute atomic E-state index is 12.8. The Bertz CT molecular complexity index is 690. The number of rotatable bonds is 5. The third kappa shape index (κ3) is 4.26. The van der Waals surface area contributed by atoms with Crippen LogP contribution in [0.5, 0.6) is 0 Å². The first-order chi connectivity index (χ1) is 12.1. The van der Waals surface area contributed by atoms with Crippen LogP contribution in [0.3, 0.4) is 0 Å². The standard InChI is InChI=1S/C21H26N2O2/c1-16(2)23-20(24)21(9-13-25-14-10-21)15-17-3-5-18(6-4-17)19-7-11-22-12-8-19/h3-8,11-12,16H,9-10,13-15H2,1-2H3,(H,23,24). The van der Waals surface area contributed by atoms with Crippen molar-refractivity contribution in [2.24, 2.45) is 5.41 Å². The molecule has 1 aliphatic heterocycles. The van der Waals surface area contributed by atoms with Crippen LogP contribution < -0.4 is 5.32 Å². The highest BCUT2D eigenvalue weighted by Gasteiger charge is 2.40. The van der Waals surface area contributed by atoms with E-state index in [4.69, 9.17) is 4.74 Å². The number of ether oxygens (including phenoxy) is 1. The van der Waals surface area contributed by atoms with Crippen molar-refractivity contribution in [1.29, 1.82) is 0 Å². The molecular weight excluding hydrogens is 312 g/mol. The predicted molar refractivity (Wildman–Crippen MR) is 99.1 cm³/mol. The second-order valence-electron chi connectivity index (χ2n) is 7.13. The molecule has 0 aliphatic carbocycles. The molecule has 2 heterocycles. The molecule has 0 unspecified atom stereocenters. The van der Waals surface area contributed by atoms with Crippen molar-refractivity contribution in [2.45, 2.75) is 39.2 Å². The van der Waals surface area contributed by atoms with Gasteiger partial charge in [-0.15, -0.1) is 0 Å². The fourth-order valence-electron chi connectivity index (χ4n) is 3.41. The number of benzene rings is 1. The lowest BCUT2D eigenvalue weighted by molar-refractivity contribution is -0.137. The minimum atomic E-state index is -0.360. The van der Waals surface area contributed by atoms with Gasteiger partial charge in [-0.05, 0) is 61.9 Å². The Morgan fingerprint density at radius 2 is 1.68 bits per heavy atom. The van der Waals surface area contributed by atoms with E-state index in [1.165, 1.54) is 11.1 Å². The van der Waals surface area contributed by atoms with Crippen LogP contribution in [0.4, 0.5) is 0 Å². The van der Waals surface area contributed by atoms with E-state index in [0.29, 0.717) is 13.2 Å². The molecule has 1 aromatic carbocycles. The van der Waals surface area contributed by atoms with Crippen LogP contribution in [0.25, 0.3) is 11.1 Å². The minimum absolute atomic E-state index is 0.154. The maximum atomic E-state index is 12.8. The summed E-state index contributed by atoms with van der Waals surface area (Å²) in [4.78, 5) is 16.9. The molecule has 1 saturated heterocycles. The number of hydrogen-bond donors (Lipinski definition) is 1. The van der Waals surface area contributed by atoms with Gasteiger partial charge in [0.1, 0.15) is 0 Å². The molecule has 2 aromatic rings. The summed E-state index contributed by atoms with van der Waals surface area (Å²) in [5.41, 5.74) is 3.15. The number of amides is 1. The van der Waals surface area contributed by atoms with Crippen molar-refractivity contribution >= 4 is 5.91 Å². The summed E-state index contributed by atoms with van der Waals surface area (Å²) in [5.74, 6) is 0.156. The van der Waals surface area contributed by atoms with E-state index in [0.717, 1.165) is 24.8 Å². The van der Waals surface area contributed by atoms with Gasteiger partial charge in [-0.2, -0.15) is 0 Å². The molecule has 1 aliphatic rings. The molecule has 4 nitrogen and oxygen atoms in total. The Morgan fingerprint density at radius 3 is 2.28 bits per heavy atom. The van der Waals surface area contributed by atoms with Gasteiger partial charge in [0.2, 0.25) is 5.91 Å². The van der Waals surface area contributed by atoms with Crippen LogP contribution in [0.1, 0.15) is 32.3 Å². The average molecular weight is 338 g/mol. The first-order valence-electron chi connectivity index (χ1n) is 8.97. The summed E-state index contributed by atoms with van der Waals surface area (Å²) in [6, 6.07) is 12.7. The number of pyridine rings is 1. The average Bonchev–Trinajstić information content (AvgIpc) is 2.63. The Labute approximate surface area is 149 Å². The van der Waals surface area contributed by atoms with E-state index >= 15 is 0 Å². The predicted octanol–water partition coefficient (Wildman–Crippen LogP) is 3.61. The van der Waals surface area contributed by atoms with Gasteiger partial charge in [0.05, 0.1) is 5.41 Å². The summed E-state index contributed by atoms with van der Waals surface area (Å²) in [7, 11) is 0. The SMILES string of the molecule is CC(C)NC(=O)C1(Cc2ccc(-c3ccncc3)cc2)CCOCC1. The smallest absolute Gasteiger partial charge is 0.226 e. The van der Waals surface area contributed by atoms with Gasteiger partial charge < -0.3 is 10.1 Å². The highest BCUT2D eigenvalue weighted by molar-refractivity contribution is 5.83. The molecule has 1 amide bonds. The monoisotopic (exact) mass is 338 g/mol. The van der Waals surface area contributed by atoms with Crippen molar-refractivity contribution in [3.63, 3.8) is 0 Å². The molecule has 1 N–H and O–H groups in total. The molecule has 0 saturated carbocycles. The number of carbonyl (C=O) groups is 1. The molecule has 0 spiro atoms. The largest absolute Gasteiger partial charge is 0.381 e. The number of aromatic nitrogens is 1. The molecule has 132 valence electrons. The Hall–Kier alpha value is -2.20. The molecular formula is C21H26N2O2. The van der Waals surface area contributed by atoms with Gasteiger partial charge in [0, 0.05) is 31.6 Å².